The molecule has 0 spiro atoms. The molecule has 0 N–H and O–H groups in total. The maximum Gasteiger partial charge on any atom is 0 e. The fourth-order valence-corrected chi connectivity index (χ4v) is 0. The molecule has 0 aromatic rings. The zero-order valence-electron chi connectivity index (χ0n) is 1.90. The van der Waals surface area contributed by atoms with Crippen LogP contribution in [0.2, 0.25) is 0 Å². The smallest absolute Gasteiger partial charge is 0 e. The zero-order chi connectivity index (χ0) is 2.00. The molecule has 4 heavy (non-hydrogen) atoms. The summed E-state index contributed by atoms with van der Waals surface area (Å²) in [6, 6.07) is 0. The van der Waals surface area contributed by atoms with Crippen LogP contribution < -0.4 is 0 Å². The van der Waals surface area contributed by atoms with E-state index in [-0.39, 0.29) is 36.5 Å². The molecule has 0 aromatic heterocycles. The van der Waals surface area contributed by atoms with Gasteiger partial charge >= 0.3 is 0 Å². The molecule has 0 fully saturated rings. The van der Waals surface area contributed by atoms with Crippen molar-refractivity contribution in [2.75, 3.05) is 0 Å². The summed E-state index contributed by atoms with van der Waals surface area (Å²) in [5.74, 6) is 0. The average Bonchev–Trinajstić information content (AvgIpc) is 1.00. The minimum Gasteiger partial charge on any atom is -0.115 e. The average molecular weight is 195 g/mol. The van der Waals surface area contributed by atoms with Crippen molar-refractivity contribution in [3.63, 3.8) is 0 Å². The van der Waals surface area contributed by atoms with Crippen LogP contribution in [-0.2, 0) is 36.5 Å². The number of thiol groups is 2. The van der Waals surface area contributed by atoms with Gasteiger partial charge in [-0.1, -0.05) is 0 Å². The van der Waals surface area contributed by atoms with Gasteiger partial charge in [-0.25, -0.2) is 0 Å². The second-order valence-electron chi connectivity index (χ2n) is 0. The summed E-state index contributed by atoms with van der Waals surface area (Å²) >= 11 is 6.44. The quantitative estimate of drug-likeness (QED) is 0.318. The Morgan fingerprint density at radius 2 is 1.00 bits per heavy atom. The van der Waals surface area contributed by atoms with E-state index >= 15 is 0 Å². The summed E-state index contributed by atoms with van der Waals surface area (Å²) in [7, 11) is 0. The Kier molecular flexibility index (Phi) is 89.3. The molecule has 0 rings (SSSR count). The first-order valence-electron chi connectivity index (χ1n) is 0.200. The van der Waals surface area contributed by atoms with Crippen molar-refractivity contribution in [3.05, 3.63) is 0 Å². The van der Waals surface area contributed by atoms with Crippen LogP contribution in [0.4, 0.5) is 0 Å². The molecule has 0 saturated heterocycles. The maximum atomic E-state index is 3.22. The molecule has 0 nitrogen and oxygen atoms in total. The van der Waals surface area contributed by atoms with Gasteiger partial charge in [0.1, 0.15) is 0 Å². The van der Waals surface area contributed by atoms with Gasteiger partial charge in [0.05, 0.1) is 0 Å². The van der Waals surface area contributed by atoms with E-state index in [1.807, 2.05) is 0 Å². The number of hydrogen-bond donors (Lipinski definition) is 2. The molecule has 0 unspecified atom stereocenters. The van der Waals surface area contributed by atoms with Crippen LogP contribution in [0.3, 0.4) is 0 Å². The van der Waals surface area contributed by atoms with E-state index < -0.39 is 0 Å². The first-order chi connectivity index (χ1) is 1.00. The topological polar surface area (TPSA) is 0 Å². The van der Waals surface area contributed by atoms with E-state index in [4.69, 9.17) is 0 Å². The van der Waals surface area contributed by atoms with Crippen molar-refractivity contribution in [3.8, 4) is 0 Å². The third-order valence-corrected chi connectivity index (χ3v) is 0. The molecular weight excluding hydrogens is 193 g/mol. The molecule has 0 bridgehead atoms. The van der Waals surface area contributed by atoms with Gasteiger partial charge in [0.15, 0.2) is 0 Å². The Bertz CT molecular complexity index is 6.00. The SMILES string of the molecule is SS.[Cu].[Zn]. The fraction of sp³-hybridized carbons (Fsp3) is 0. The Labute approximate surface area is 59.6 Å². The fourth-order valence-electron chi connectivity index (χ4n) is 0. The van der Waals surface area contributed by atoms with Crippen LogP contribution in [0.1, 0.15) is 0 Å². The first-order valence-corrected chi connectivity index (χ1v) is 1.80. The monoisotopic (exact) mass is 193 g/mol. The Balaban J connectivity index is -0.00000000500. The molecule has 0 saturated carbocycles. The predicted octanol–water partition coefficient (Wildman–Crippen LogP) is 0.756. The summed E-state index contributed by atoms with van der Waals surface area (Å²) in [5, 5.41) is 0. The van der Waals surface area contributed by atoms with Gasteiger partial charge in [0.2, 0.25) is 0 Å². The van der Waals surface area contributed by atoms with Crippen molar-refractivity contribution in [2.45, 2.75) is 0 Å². The molecule has 1 radical (unpaired) electrons. The predicted molar refractivity (Wildman–Crippen MR) is 18.0 cm³/mol. The van der Waals surface area contributed by atoms with Crippen LogP contribution in [0.25, 0.3) is 0 Å². The van der Waals surface area contributed by atoms with E-state index in [2.05, 4.69) is 23.3 Å². The summed E-state index contributed by atoms with van der Waals surface area (Å²) < 4.78 is 0. The largest absolute Gasteiger partial charge is 0.115 e. The van der Waals surface area contributed by atoms with E-state index in [1.54, 1.807) is 0 Å². The van der Waals surface area contributed by atoms with Crippen LogP contribution >= 0.6 is 23.3 Å². The molecule has 0 heterocycles. The Hall–Kier alpha value is 1.84. The van der Waals surface area contributed by atoms with Crippen molar-refractivity contribution in [2.24, 2.45) is 0 Å². The maximum absolute atomic E-state index is 3.22. The van der Waals surface area contributed by atoms with Crippen LogP contribution in [0.15, 0.2) is 0 Å². The van der Waals surface area contributed by atoms with E-state index in [1.165, 1.54) is 0 Å². The van der Waals surface area contributed by atoms with Crippen LogP contribution in [0.5, 0.6) is 0 Å². The van der Waals surface area contributed by atoms with Crippen molar-refractivity contribution < 1.29 is 36.5 Å². The van der Waals surface area contributed by atoms with Gasteiger partial charge in [0, 0.05) is 36.5 Å². The first kappa shape index (κ1) is 17.0. The standard InChI is InChI=1S/Cu.H2S2.Zn/c;1-2;/h;1-2H;. The summed E-state index contributed by atoms with van der Waals surface area (Å²) in [6.07, 6.45) is 0. The van der Waals surface area contributed by atoms with Gasteiger partial charge in [-0.15, -0.1) is 23.3 Å². The normalized spacial score (nSPS) is 1.50. The summed E-state index contributed by atoms with van der Waals surface area (Å²) in [6.45, 7) is 0. The molecule has 0 aromatic carbocycles. The molecule has 0 aliphatic carbocycles. The second-order valence-corrected chi connectivity index (χ2v) is 0. The number of hydrogen-bond acceptors (Lipinski definition) is 2. The third kappa shape index (κ3) is 9.14. The van der Waals surface area contributed by atoms with Crippen molar-refractivity contribution in [1.29, 1.82) is 0 Å². The molecule has 0 amide bonds. The molecule has 0 atom stereocenters. The Morgan fingerprint density at radius 1 is 1.00 bits per heavy atom. The van der Waals surface area contributed by atoms with E-state index in [9.17, 15) is 0 Å². The molecule has 27 valence electrons. The minimum atomic E-state index is 0. The van der Waals surface area contributed by atoms with Gasteiger partial charge in [-0.3, -0.25) is 0 Å². The van der Waals surface area contributed by atoms with E-state index in [0.29, 0.717) is 0 Å². The molecule has 0 aliphatic heterocycles. The second kappa shape index (κ2) is 21.1. The molecule has 4 heteroatoms. The Morgan fingerprint density at radius 3 is 1.00 bits per heavy atom. The third-order valence-electron chi connectivity index (χ3n) is 0. The van der Waals surface area contributed by atoms with Crippen LogP contribution in [-0.4, -0.2) is 0 Å². The molecule has 0 aliphatic rings. The van der Waals surface area contributed by atoms with Gasteiger partial charge < -0.3 is 0 Å². The van der Waals surface area contributed by atoms with Gasteiger partial charge in [0.25, 0.3) is 0 Å². The number of rotatable bonds is 0. The van der Waals surface area contributed by atoms with Gasteiger partial charge in [-0.05, 0) is 0 Å². The van der Waals surface area contributed by atoms with E-state index in [0.717, 1.165) is 0 Å². The summed E-state index contributed by atoms with van der Waals surface area (Å²) in [5.41, 5.74) is 0. The summed E-state index contributed by atoms with van der Waals surface area (Å²) in [4.78, 5) is 0. The van der Waals surface area contributed by atoms with Crippen molar-refractivity contribution >= 4 is 23.3 Å². The molecular formula is H2CuS2Zn. The minimum absolute atomic E-state index is 0. The van der Waals surface area contributed by atoms with Gasteiger partial charge in [-0.2, -0.15) is 0 Å². The van der Waals surface area contributed by atoms with Crippen LogP contribution in [0, 0.1) is 0 Å². The zero-order valence-corrected chi connectivity index (χ0v) is 7.60. The van der Waals surface area contributed by atoms with Crippen molar-refractivity contribution in [1.82, 2.24) is 0 Å².